The molecule has 1 aliphatic rings. The van der Waals surface area contributed by atoms with Crippen LogP contribution in [0.2, 0.25) is 10.0 Å². The molecule has 1 aromatic carbocycles. The molecule has 1 aliphatic heterocycles. The van der Waals surface area contributed by atoms with Crippen LogP contribution in [0.4, 0.5) is 5.69 Å². The van der Waals surface area contributed by atoms with Crippen LogP contribution in [0.5, 0.6) is 0 Å². The van der Waals surface area contributed by atoms with Crippen LogP contribution in [0.15, 0.2) is 18.2 Å². The average molecular weight is 372 g/mol. The van der Waals surface area contributed by atoms with Gasteiger partial charge in [-0.05, 0) is 58.0 Å². The molecule has 132 valence electrons. The van der Waals surface area contributed by atoms with E-state index in [2.05, 4.69) is 15.5 Å². The number of piperidine rings is 1. The number of hydrogen-bond donors (Lipinski definition) is 2. The molecule has 2 N–H and O–H groups in total. The highest BCUT2D eigenvalue weighted by atomic mass is 35.5. The van der Waals surface area contributed by atoms with Crippen molar-refractivity contribution in [1.82, 2.24) is 10.2 Å². The molecular formula is C17H23Cl2N3O2. The van der Waals surface area contributed by atoms with Gasteiger partial charge in [0.2, 0.25) is 11.8 Å². The number of carbonyl (C=O) groups excluding carboxylic acids is 2. The highest BCUT2D eigenvalue weighted by Crippen LogP contribution is 2.25. The zero-order chi connectivity index (χ0) is 17.7. The Morgan fingerprint density at radius 3 is 2.46 bits per heavy atom. The Bertz CT molecular complexity index is 599. The second-order valence-electron chi connectivity index (χ2n) is 6.39. The summed E-state index contributed by atoms with van der Waals surface area (Å²) in [5.74, 6) is 0.0603. The van der Waals surface area contributed by atoms with Gasteiger partial charge < -0.3 is 10.6 Å². The fourth-order valence-corrected chi connectivity index (χ4v) is 3.03. The summed E-state index contributed by atoms with van der Waals surface area (Å²) in [7, 11) is 0. The van der Waals surface area contributed by atoms with Gasteiger partial charge in [0.25, 0.3) is 0 Å². The molecule has 0 aliphatic carbocycles. The number of rotatable bonds is 5. The van der Waals surface area contributed by atoms with Crippen molar-refractivity contribution in [3.8, 4) is 0 Å². The Labute approximate surface area is 152 Å². The van der Waals surface area contributed by atoms with E-state index in [1.165, 1.54) is 0 Å². The first-order chi connectivity index (χ1) is 11.3. The molecule has 1 saturated heterocycles. The number of likely N-dealkylation sites (tertiary alicyclic amines) is 1. The Hall–Kier alpha value is -1.30. The third kappa shape index (κ3) is 5.65. The highest BCUT2D eigenvalue weighted by Gasteiger charge is 2.26. The third-order valence-corrected chi connectivity index (χ3v) is 4.70. The van der Waals surface area contributed by atoms with Crippen molar-refractivity contribution in [2.24, 2.45) is 5.92 Å². The van der Waals surface area contributed by atoms with E-state index in [0.717, 1.165) is 25.9 Å². The van der Waals surface area contributed by atoms with Crippen molar-refractivity contribution in [3.63, 3.8) is 0 Å². The molecule has 0 aromatic heterocycles. The molecule has 0 spiro atoms. The zero-order valence-electron chi connectivity index (χ0n) is 13.9. The van der Waals surface area contributed by atoms with E-state index in [0.29, 0.717) is 22.3 Å². The van der Waals surface area contributed by atoms with Crippen molar-refractivity contribution >= 4 is 40.7 Å². The number of hydrogen-bond acceptors (Lipinski definition) is 3. The summed E-state index contributed by atoms with van der Waals surface area (Å²) in [4.78, 5) is 26.2. The predicted octanol–water partition coefficient (Wildman–Crippen LogP) is 3.17. The molecule has 0 atom stereocenters. The van der Waals surface area contributed by atoms with Gasteiger partial charge in [0.1, 0.15) is 0 Å². The number of nitrogens with one attached hydrogen (secondary N) is 2. The van der Waals surface area contributed by atoms with Gasteiger partial charge in [-0.2, -0.15) is 0 Å². The largest absolute Gasteiger partial charge is 0.354 e. The minimum Gasteiger partial charge on any atom is -0.354 e. The minimum atomic E-state index is -0.0986. The van der Waals surface area contributed by atoms with Crippen LogP contribution in [0.25, 0.3) is 0 Å². The van der Waals surface area contributed by atoms with Crippen molar-refractivity contribution in [1.29, 1.82) is 0 Å². The number of carbonyl (C=O) groups is 2. The maximum absolute atomic E-state index is 12.1. The molecule has 0 unspecified atom stereocenters. The summed E-state index contributed by atoms with van der Waals surface area (Å²) in [6.45, 7) is 5.70. The van der Waals surface area contributed by atoms with Crippen LogP contribution < -0.4 is 10.6 Å². The van der Waals surface area contributed by atoms with Crippen molar-refractivity contribution < 1.29 is 9.59 Å². The van der Waals surface area contributed by atoms with Gasteiger partial charge in [0.05, 0.1) is 16.6 Å². The molecule has 0 saturated carbocycles. The molecule has 0 bridgehead atoms. The summed E-state index contributed by atoms with van der Waals surface area (Å²) in [6.07, 6.45) is 1.55. The van der Waals surface area contributed by atoms with E-state index in [4.69, 9.17) is 23.2 Å². The fraction of sp³-hybridized carbons (Fsp3) is 0.529. The molecule has 0 radical (unpaired) electrons. The smallest absolute Gasteiger partial charge is 0.238 e. The molecule has 5 nitrogen and oxygen atoms in total. The standard InChI is InChI=1S/C17H23Cl2N3O2/c1-11(2)20-17(24)12-5-7-22(8-6-12)10-16(23)21-13-3-4-14(18)15(19)9-13/h3-4,9,11-12H,5-8,10H2,1-2H3,(H,20,24)(H,21,23). The maximum Gasteiger partial charge on any atom is 0.238 e. The SMILES string of the molecule is CC(C)NC(=O)C1CCN(CC(=O)Nc2ccc(Cl)c(Cl)c2)CC1. The summed E-state index contributed by atoms with van der Waals surface area (Å²) in [6, 6.07) is 5.16. The van der Waals surface area contributed by atoms with Crippen LogP contribution in [-0.2, 0) is 9.59 Å². The number of halogens is 2. The number of nitrogens with zero attached hydrogens (tertiary/aromatic N) is 1. The first-order valence-corrected chi connectivity index (χ1v) is 8.88. The van der Waals surface area contributed by atoms with E-state index in [1.807, 2.05) is 13.8 Å². The predicted molar refractivity (Wildman–Crippen MR) is 97.5 cm³/mol. The lowest BCUT2D eigenvalue weighted by atomic mass is 9.95. The second kappa shape index (κ2) is 8.70. The quantitative estimate of drug-likeness (QED) is 0.835. The maximum atomic E-state index is 12.1. The number of amides is 2. The molecule has 7 heteroatoms. The first kappa shape index (κ1) is 19.0. The van der Waals surface area contributed by atoms with Gasteiger partial charge in [-0.25, -0.2) is 0 Å². The first-order valence-electron chi connectivity index (χ1n) is 8.13. The third-order valence-electron chi connectivity index (χ3n) is 3.96. The molecule has 2 rings (SSSR count). The van der Waals surface area contributed by atoms with Crippen LogP contribution >= 0.6 is 23.2 Å². The summed E-state index contributed by atoms with van der Waals surface area (Å²) >= 11 is 11.8. The second-order valence-corrected chi connectivity index (χ2v) is 7.21. The lowest BCUT2D eigenvalue weighted by molar-refractivity contribution is -0.127. The topological polar surface area (TPSA) is 61.4 Å². The summed E-state index contributed by atoms with van der Waals surface area (Å²) in [5, 5.41) is 6.63. The van der Waals surface area contributed by atoms with Gasteiger partial charge >= 0.3 is 0 Å². The number of benzene rings is 1. The average Bonchev–Trinajstić information content (AvgIpc) is 2.51. The highest BCUT2D eigenvalue weighted by molar-refractivity contribution is 6.42. The van der Waals surface area contributed by atoms with E-state index in [-0.39, 0.29) is 23.8 Å². The van der Waals surface area contributed by atoms with Gasteiger partial charge in [-0.3, -0.25) is 14.5 Å². The summed E-state index contributed by atoms with van der Waals surface area (Å²) in [5.41, 5.74) is 0.626. The van der Waals surface area contributed by atoms with Crippen LogP contribution in [-0.4, -0.2) is 42.4 Å². The van der Waals surface area contributed by atoms with E-state index in [9.17, 15) is 9.59 Å². The lowest BCUT2D eigenvalue weighted by Crippen LogP contribution is -2.44. The van der Waals surface area contributed by atoms with Crippen molar-refractivity contribution in [2.45, 2.75) is 32.7 Å². The summed E-state index contributed by atoms with van der Waals surface area (Å²) < 4.78 is 0. The molecule has 24 heavy (non-hydrogen) atoms. The molecule has 2 amide bonds. The minimum absolute atomic E-state index is 0.0433. The molecule has 1 aromatic rings. The van der Waals surface area contributed by atoms with Gasteiger partial charge in [-0.1, -0.05) is 23.2 Å². The Balaban J connectivity index is 1.77. The monoisotopic (exact) mass is 371 g/mol. The van der Waals surface area contributed by atoms with Gasteiger partial charge in [0, 0.05) is 17.6 Å². The van der Waals surface area contributed by atoms with Crippen molar-refractivity contribution in [3.05, 3.63) is 28.2 Å². The Morgan fingerprint density at radius 1 is 1.21 bits per heavy atom. The zero-order valence-corrected chi connectivity index (χ0v) is 15.5. The lowest BCUT2D eigenvalue weighted by Gasteiger charge is -2.31. The van der Waals surface area contributed by atoms with E-state index in [1.54, 1.807) is 18.2 Å². The molecular weight excluding hydrogens is 349 g/mol. The molecule has 1 heterocycles. The van der Waals surface area contributed by atoms with Gasteiger partial charge in [-0.15, -0.1) is 0 Å². The van der Waals surface area contributed by atoms with Crippen LogP contribution in [0, 0.1) is 5.92 Å². The molecule has 1 fully saturated rings. The Kier molecular flexibility index (Phi) is 6.90. The Morgan fingerprint density at radius 2 is 1.88 bits per heavy atom. The van der Waals surface area contributed by atoms with Gasteiger partial charge in [0.15, 0.2) is 0 Å². The number of anilines is 1. The van der Waals surface area contributed by atoms with E-state index < -0.39 is 0 Å². The normalized spacial score (nSPS) is 16.2. The van der Waals surface area contributed by atoms with E-state index >= 15 is 0 Å². The fourth-order valence-electron chi connectivity index (χ4n) is 2.73. The van der Waals surface area contributed by atoms with Crippen molar-refractivity contribution in [2.75, 3.05) is 25.0 Å². The van der Waals surface area contributed by atoms with Crippen LogP contribution in [0.1, 0.15) is 26.7 Å². The van der Waals surface area contributed by atoms with Crippen LogP contribution in [0.3, 0.4) is 0 Å².